The molecule has 0 spiro atoms. The average molecular weight is 141 g/mol. The fourth-order valence-corrected chi connectivity index (χ4v) is 1.36. The van der Waals surface area contributed by atoms with Crippen LogP contribution in [0.5, 0.6) is 0 Å². The summed E-state index contributed by atoms with van der Waals surface area (Å²) in [7, 11) is 2.14. The van der Waals surface area contributed by atoms with Gasteiger partial charge in [-0.05, 0) is 26.6 Å². The van der Waals surface area contributed by atoms with E-state index in [9.17, 15) is 0 Å². The van der Waals surface area contributed by atoms with Crippen molar-refractivity contribution in [2.45, 2.75) is 38.5 Å². The van der Waals surface area contributed by atoms with Crippen molar-refractivity contribution < 1.29 is 0 Å². The number of rotatable bonds is 0. The van der Waals surface area contributed by atoms with Crippen molar-refractivity contribution >= 4 is 0 Å². The molecule has 0 aromatic carbocycles. The van der Waals surface area contributed by atoms with Crippen LogP contribution < -0.4 is 0 Å². The van der Waals surface area contributed by atoms with Crippen LogP contribution in [0.2, 0.25) is 0 Å². The van der Waals surface area contributed by atoms with Crippen LogP contribution in [-0.2, 0) is 0 Å². The van der Waals surface area contributed by atoms with Crippen molar-refractivity contribution in [1.29, 1.82) is 0 Å². The first-order chi connectivity index (χ1) is 4.89. The molecular formula is C9H19N. The molecular weight excluding hydrogens is 122 g/mol. The largest absolute Gasteiger partial charge is 0.306 e. The van der Waals surface area contributed by atoms with E-state index in [1.807, 2.05) is 0 Å². The quantitative estimate of drug-likeness (QED) is 0.500. The minimum atomic E-state index is 1.32. The summed E-state index contributed by atoms with van der Waals surface area (Å²) in [6.07, 6.45) is 8.91. The first-order valence-corrected chi connectivity index (χ1v) is 4.58. The smallest absolute Gasteiger partial charge is 0.000959 e. The van der Waals surface area contributed by atoms with Gasteiger partial charge in [0.15, 0.2) is 0 Å². The molecule has 1 heteroatoms. The predicted molar refractivity (Wildman–Crippen MR) is 45.2 cm³/mol. The van der Waals surface area contributed by atoms with Crippen molar-refractivity contribution in [2.24, 2.45) is 0 Å². The number of likely N-dealkylation sites (tertiary alicyclic amines) is 1. The second kappa shape index (κ2) is 4.73. The Morgan fingerprint density at radius 2 is 1.00 bits per heavy atom. The van der Waals surface area contributed by atoms with Crippen LogP contribution in [0.1, 0.15) is 38.5 Å². The Balaban J connectivity index is 0.0000001000. The van der Waals surface area contributed by atoms with Gasteiger partial charge in [0.1, 0.15) is 0 Å². The van der Waals surface area contributed by atoms with E-state index in [0.717, 1.165) is 0 Å². The van der Waals surface area contributed by atoms with Gasteiger partial charge >= 0.3 is 0 Å². The third-order valence-electron chi connectivity index (χ3n) is 2.33. The Morgan fingerprint density at radius 1 is 0.700 bits per heavy atom. The summed E-state index contributed by atoms with van der Waals surface area (Å²) >= 11 is 0. The second-order valence-electron chi connectivity index (χ2n) is 3.42. The van der Waals surface area contributed by atoms with Gasteiger partial charge in [0.25, 0.3) is 0 Å². The lowest BCUT2D eigenvalue weighted by Crippen LogP contribution is -2.32. The zero-order valence-electron chi connectivity index (χ0n) is 7.10. The molecule has 1 saturated carbocycles. The molecule has 2 aliphatic rings. The van der Waals surface area contributed by atoms with Gasteiger partial charge in [-0.2, -0.15) is 0 Å². The van der Waals surface area contributed by atoms with Crippen molar-refractivity contribution in [2.75, 3.05) is 20.1 Å². The normalized spacial score (nSPS) is 24.9. The van der Waals surface area contributed by atoms with Gasteiger partial charge in [0.05, 0.1) is 0 Å². The van der Waals surface area contributed by atoms with Crippen molar-refractivity contribution in [1.82, 2.24) is 4.90 Å². The molecule has 10 heavy (non-hydrogen) atoms. The maximum atomic E-state index is 2.31. The summed E-state index contributed by atoms with van der Waals surface area (Å²) in [5.74, 6) is 0. The van der Waals surface area contributed by atoms with Crippen LogP contribution in [-0.4, -0.2) is 25.0 Å². The third kappa shape index (κ3) is 3.21. The van der Waals surface area contributed by atoms with E-state index in [-0.39, 0.29) is 0 Å². The van der Waals surface area contributed by atoms with Crippen molar-refractivity contribution in [3.05, 3.63) is 0 Å². The van der Waals surface area contributed by atoms with Crippen LogP contribution in [0.25, 0.3) is 0 Å². The molecule has 1 heterocycles. The first kappa shape index (κ1) is 8.06. The average Bonchev–Trinajstić information content (AvgIpc) is 2.38. The van der Waals surface area contributed by atoms with Crippen molar-refractivity contribution in [3.63, 3.8) is 0 Å². The Bertz CT molecular complexity index is 65.2. The lowest BCUT2D eigenvalue weighted by Gasteiger charge is -2.24. The molecule has 0 unspecified atom stereocenters. The summed E-state index contributed by atoms with van der Waals surface area (Å²) in [6.45, 7) is 2.64. The highest BCUT2D eigenvalue weighted by molar-refractivity contribution is 4.61. The Kier molecular flexibility index (Phi) is 3.81. The summed E-state index contributed by atoms with van der Waals surface area (Å²) in [5, 5.41) is 0. The molecule has 0 amide bonds. The van der Waals surface area contributed by atoms with Crippen LogP contribution in [0.15, 0.2) is 0 Å². The highest BCUT2D eigenvalue weighted by Gasteiger charge is 2.04. The first-order valence-electron chi connectivity index (χ1n) is 4.58. The molecule has 1 aliphatic carbocycles. The standard InChI is InChI=1S/C5H10.C4H9N/c1-2-4-5-3-1;1-5-3-2-4-5/h1-5H2;2-4H2,1H3. The number of hydrogen-bond acceptors (Lipinski definition) is 1. The summed E-state index contributed by atoms with van der Waals surface area (Å²) in [4.78, 5) is 2.31. The van der Waals surface area contributed by atoms with Crippen molar-refractivity contribution in [3.8, 4) is 0 Å². The molecule has 0 N–H and O–H groups in total. The van der Waals surface area contributed by atoms with Crippen LogP contribution in [0.4, 0.5) is 0 Å². The fraction of sp³-hybridized carbons (Fsp3) is 1.00. The van der Waals surface area contributed by atoms with E-state index in [2.05, 4.69) is 11.9 Å². The van der Waals surface area contributed by atoms with Gasteiger partial charge in [-0.15, -0.1) is 0 Å². The molecule has 0 aromatic rings. The van der Waals surface area contributed by atoms with Crippen LogP contribution in [0, 0.1) is 0 Å². The zero-order valence-corrected chi connectivity index (χ0v) is 7.10. The van der Waals surface area contributed by atoms with Gasteiger partial charge < -0.3 is 4.90 Å². The minimum Gasteiger partial charge on any atom is -0.306 e. The van der Waals surface area contributed by atoms with E-state index < -0.39 is 0 Å². The molecule has 0 atom stereocenters. The van der Waals surface area contributed by atoms with E-state index in [0.29, 0.717) is 0 Å². The summed E-state index contributed by atoms with van der Waals surface area (Å²) < 4.78 is 0. The lowest BCUT2D eigenvalue weighted by molar-refractivity contribution is 0.229. The number of nitrogens with zero attached hydrogens (tertiary/aromatic N) is 1. The molecule has 2 fully saturated rings. The van der Waals surface area contributed by atoms with E-state index >= 15 is 0 Å². The highest BCUT2D eigenvalue weighted by Crippen LogP contribution is 2.15. The third-order valence-corrected chi connectivity index (χ3v) is 2.33. The molecule has 1 nitrogen and oxygen atoms in total. The molecule has 0 radical (unpaired) electrons. The highest BCUT2D eigenvalue weighted by atomic mass is 15.1. The summed E-state index contributed by atoms with van der Waals surface area (Å²) in [5.41, 5.74) is 0. The molecule has 0 bridgehead atoms. The number of hydrogen-bond donors (Lipinski definition) is 0. The minimum absolute atomic E-state index is 1.32. The van der Waals surface area contributed by atoms with Crippen LogP contribution in [0.3, 0.4) is 0 Å². The maximum absolute atomic E-state index is 2.31. The van der Waals surface area contributed by atoms with Gasteiger partial charge in [-0.3, -0.25) is 0 Å². The lowest BCUT2D eigenvalue weighted by atomic mass is 10.3. The van der Waals surface area contributed by atoms with Gasteiger partial charge in [-0.1, -0.05) is 32.1 Å². The Morgan fingerprint density at radius 3 is 1.10 bits per heavy atom. The zero-order chi connectivity index (χ0) is 7.23. The predicted octanol–water partition coefficient (Wildman–Crippen LogP) is 2.27. The monoisotopic (exact) mass is 141 g/mol. The van der Waals surface area contributed by atoms with E-state index in [1.165, 1.54) is 51.6 Å². The topological polar surface area (TPSA) is 3.24 Å². The van der Waals surface area contributed by atoms with Gasteiger partial charge in [0.2, 0.25) is 0 Å². The SMILES string of the molecule is C1CCCC1.CN1CCC1. The summed E-state index contributed by atoms with van der Waals surface area (Å²) in [6, 6.07) is 0. The Labute approximate surface area is 64.4 Å². The maximum Gasteiger partial charge on any atom is -0.000959 e. The molecule has 0 aromatic heterocycles. The molecule has 2 rings (SSSR count). The van der Waals surface area contributed by atoms with Gasteiger partial charge in [0, 0.05) is 0 Å². The van der Waals surface area contributed by atoms with Gasteiger partial charge in [-0.25, -0.2) is 0 Å². The molecule has 1 aliphatic heterocycles. The molecule has 60 valence electrons. The van der Waals surface area contributed by atoms with E-state index in [4.69, 9.17) is 0 Å². The second-order valence-corrected chi connectivity index (χ2v) is 3.42. The molecule has 1 saturated heterocycles. The van der Waals surface area contributed by atoms with Crippen LogP contribution >= 0.6 is 0 Å². The fourth-order valence-electron chi connectivity index (χ4n) is 1.36. The Hall–Kier alpha value is -0.0400. The van der Waals surface area contributed by atoms with E-state index in [1.54, 1.807) is 0 Å².